The quantitative estimate of drug-likeness (QED) is 0.465. The van der Waals surface area contributed by atoms with Gasteiger partial charge in [0.1, 0.15) is 0 Å². The van der Waals surface area contributed by atoms with Crippen molar-refractivity contribution in [2.45, 2.75) is 26.8 Å². The Bertz CT molecular complexity index is 101. The highest BCUT2D eigenvalue weighted by molar-refractivity contribution is 7.80. The molecule has 0 aliphatic rings. The van der Waals surface area contributed by atoms with Crippen LogP contribution in [0.3, 0.4) is 0 Å². The Morgan fingerprint density at radius 3 is 2.11 bits per heavy atom. The third-order valence-electron chi connectivity index (χ3n) is 1.11. The van der Waals surface area contributed by atoms with Crippen LogP contribution in [0.25, 0.3) is 0 Å². The van der Waals surface area contributed by atoms with Crippen molar-refractivity contribution >= 4 is 17.2 Å². The molecule has 0 rings (SSSR count). The Labute approximate surface area is 62.2 Å². The fraction of sp³-hybridized carbons (Fsp3) is 0.833. The van der Waals surface area contributed by atoms with Gasteiger partial charge >= 0.3 is 0 Å². The Kier molecular flexibility index (Phi) is 3.73. The third kappa shape index (κ3) is 4.36. The van der Waals surface area contributed by atoms with E-state index in [0.717, 1.165) is 4.99 Å². The first-order valence-electron chi connectivity index (χ1n) is 3.04. The molecule has 0 saturated heterocycles. The summed E-state index contributed by atoms with van der Waals surface area (Å²) in [6.45, 7) is 6.07. The first kappa shape index (κ1) is 8.85. The summed E-state index contributed by atoms with van der Waals surface area (Å²) < 4.78 is 0. The predicted molar refractivity (Wildman–Crippen MR) is 44.3 cm³/mol. The highest BCUT2D eigenvalue weighted by atomic mass is 32.1. The van der Waals surface area contributed by atoms with Crippen LogP contribution in [0.4, 0.5) is 0 Å². The van der Waals surface area contributed by atoms with Crippen LogP contribution in [0.2, 0.25) is 0 Å². The number of hydrogen-bond donors (Lipinski definition) is 1. The van der Waals surface area contributed by atoms with Crippen LogP contribution in [0.1, 0.15) is 20.8 Å². The molecular weight excluding hydrogens is 132 g/mol. The van der Waals surface area contributed by atoms with Gasteiger partial charge in [-0.1, -0.05) is 12.2 Å². The van der Waals surface area contributed by atoms with E-state index < -0.39 is 0 Å². The smallest absolute Gasteiger partial charge is 0.0865 e. The van der Waals surface area contributed by atoms with Crippen molar-refractivity contribution in [3.05, 3.63) is 0 Å². The molecule has 0 aliphatic heterocycles. The normalized spacial score (nSPS) is 10.4. The molecule has 0 aliphatic carbocycles. The topological polar surface area (TPSA) is 15.3 Å². The van der Waals surface area contributed by atoms with E-state index in [2.05, 4.69) is 19.3 Å². The maximum Gasteiger partial charge on any atom is 0.0865 e. The van der Waals surface area contributed by atoms with Crippen molar-refractivity contribution in [3.8, 4) is 0 Å². The molecule has 0 bridgehead atoms. The molecule has 0 aromatic rings. The monoisotopic (exact) mass is 146 g/mol. The fourth-order valence-corrected chi connectivity index (χ4v) is 0.521. The summed E-state index contributed by atoms with van der Waals surface area (Å²) in [6.07, 6.45) is 0. The predicted octanol–water partition coefficient (Wildman–Crippen LogP) is 1.18. The number of rotatable bonds is 2. The highest BCUT2D eigenvalue weighted by Gasteiger charge is 1.99. The highest BCUT2D eigenvalue weighted by Crippen LogP contribution is 1.87. The summed E-state index contributed by atoms with van der Waals surface area (Å²) >= 11 is 4.84. The van der Waals surface area contributed by atoms with Gasteiger partial charge in [-0.05, 0) is 20.8 Å². The third-order valence-corrected chi connectivity index (χ3v) is 1.20. The van der Waals surface area contributed by atoms with Gasteiger partial charge < -0.3 is 5.43 Å². The van der Waals surface area contributed by atoms with Gasteiger partial charge in [0.15, 0.2) is 0 Å². The van der Waals surface area contributed by atoms with Gasteiger partial charge in [-0.2, -0.15) is 0 Å². The molecule has 0 fully saturated rings. The summed E-state index contributed by atoms with van der Waals surface area (Å²) in [5.74, 6) is 0. The molecule has 0 aromatic carbocycles. The standard InChI is InChI=1S/C6H14N2S/c1-5(2)8(4)7-6(3)9/h5H,1-4H3,(H,7,9). The van der Waals surface area contributed by atoms with E-state index in [1.54, 1.807) is 0 Å². The summed E-state index contributed by atoms with van der Waals surface area (Å²) in [4.78, 5) is 0.811. The molecule has 0 amide bonds. The van der Waals surface area contributed by atoms with Crippen LogP contribution in [0.15, 0.2) is 0 Å². The van der Waals surface area contributed by atoms with Gasteiger partial charge in [-0.15, -0.1) is 0 Å². The molecule has 1 N–H and O–H groups in total. The van der Waals surface area contributed by atoms with Crippen molar-refractivity contribution in [2.24, 2.45) is 0 Å². The maximum absolute atomic E-state index is 4.84. The molecule has 0 aromatic heterocycles. The zero-order valence-electron chi connectivity index (χ0n) is 6.43. The number of thiocarbonyl (C=S) groups is 1. The molecular formula is C6H14N2S. The van der Waals surface area contributed by atoms with Crippen LogP contribution < -0.4 is 5.43 Å². The number of hydrogen-bond acceptors (Lipinski definition) is 2. The summed E-state index contributed by atoms with van der Waals surface area (Å²) in [6, 6.07) is 0.489. The van der Waals surface area contributed by atoms with Crippen LogP contribution in [-0.2, 0) is 0 Å². The summed E-state index contributed by atoms with van der Waals surface area (Å²) in [5, 5.41) is 1.97. The van der Waals surface area contributed by atoms with Crippen molar-refractivity contribution in [3.63, 3.8) is 0 Å². The van der Waals surface area contributed by atoms with E-state index in [1.165, 1.54) is 0 Å². The first-order valence-corrected chi connectivity index (χ1v) is 3.45. The van der Waals surface area contributed by atoms with E-state index in [0.29, 0.717) is 6.04 Å². The lowest BCUT2D eigenvalue weighted by molar-refractivity contribution is 0.236. The SMILES string of the molecule is CC(=S)NN(C)C(C)C. The van der Waals surface area contributed by atoms with Gasteiger partial charge in [0.2, 0.25) is 0 Å². The van der Waals surface area contributed by atoms with Crippen molar-refractivity contribution in [1.29, 1.82) is 0 Å². The number of nitrogens with one attached hydrogen (secondary N) is 1. The first-order chi connectivity index (χ1) is 4.04. The van der Waals surface area contributed by atoms with Gasteiger partial charge in [0.05, 0.1) is 4.99 Å². The number of hydrazine groups is 1. The second-order valence-electron chi connectivity index (χ2n) is 2.37. The molecule has 0 spiro atoms. The van der Waals surface area contributed by atoms with Crippen LogP contribution in [-0.4, -0.2) is 23.1 Å². The summed E-state index contributed by atoms with van der Waals surface area (Å²) in [7, 11) is 1.97. The average Bonchev–Trinajstić information content (AvgIpc) is 1.63. The Morgan fingerprint density at radius 1 is 1.56 bits per heavy atom. The lowest BCUT2D eigenvalue weighted by Crippen LogP contribution is -2.41. The van der Waals surface area contributed by atoms with E-state index in [4.69, 9.17) is 12.2 Å². The maximum atomic E-state index is 4.84. The molecule has 0 atom stereocenters. The lowest BCUT2D eigenvalue weighted by atomic mass is 10.4. The van der Waals surface area contributed by atoms with Crippen LogP contribution in [0, 0.1) is 0 Å². The van der Waals surface area contributed by atoms with E-state index >= 15 is 0 Å². The Hall–Kier alpha value is -0.150. The average molecular weight is 146 g/mol. The molecule has 9 heavy (non-hydrogen) atoms. The summed E-state index contributed by atoms with van der Waals surface area (Å²) in [5.41, 5.74) is 3.01. The van der Waals surface area contributed by atoms with E-state index in [9.17, 15) is 0 Å². The molecule has 0 heterocycles. The molecule has 0 radical (unpaired) electrons. The van der Waals surface area contributed by atoms with E-state index in [1.807, 2.05) is 19.0 Å². The molecule has 3 heteroatoms. The minimum atomic E-state index is 0.489. The van der Waals surface area contributed by atoms with Gasteiger partial charge in [0, 0.05) is 13.1 Å². The van der Waals surface area contributed by atoms with E-state index in [-0.39, 0.29) is 0 Å². The Balaban J connectivity index is 3.50. The second kappa shape index (κ2) is 3.80. The zero-order valence-corrected chi connectivity index (χ0v) is 7.25. The Morgan fingerprint density at radius 2 is 2.00 bits per heavy atom. The molecule has 2 nitrogen and oxygen atoms in total. The van der Waals surface area contributed by atoms with Gasteiger partial charge in [-0.25, -0.2) is 5.01 Å². The van der Waals surface area contributed by atoms with Crippen LogP contribution >= 0.6 is 12.2 Å². The van der Waals surface area contributed by atoms with Crippen molar-refractivity contribution in [2.75, 3.05) is 7.05 Å². The van der Waals surface area contributed by atoms with Crippen molar-refractivity contribution < 1.29 is 0 Å². The lowest BCUT2D eigenvalue weighted by Gasteiger charge is -2.21. The molecule has 54 valence electrons. The van der Waals surface area contributed by atoms with Gasteiger partial charge in [-0.3, -0.25) is 0 Å². The van der Waals surface area contributed by atoms with Gasteiger partial charge in [0.25, 0.3) is 0 Å². The molecule has 0 saturated carbocycles. The second-order valence-corrected chi connectivity index (χ2v) is 2.99. The molecule has 0 unspecified atom stereocenters. The zero-order chi connectivity index (χ0) is 7.44. The minimum absolute atomic E-state index is 0.489. The minimum Gasteiger partial charge on any atom is -0.313 e. The fourth-order valence-electron chi connectivity index (χ4n) is 0.377. The number of nitrogens with zero attached hydrogens (tertiary/aromatic N) is 1. The largest absolute Gasteiger partial charge is 0.313 e. The van der Waals surface area contributed by atoms with Crippen molar-refractivity contribution in [1.82, 2.24) is 10.4 Å². The van der Waals surface area contributed by atoms with Crippen LogP contribution in [0.5, 0.6) is 0 Å².